The van der Waals surface area contributed by atoms with Crippen LogP contribution in [0.4, 0.5) is 11.4 Å². The fourth-order valence-corrected chi connectivity index (χ4v) is 3.50. The van der Waals surface area contributed by atoms with Crippen molar-refractivity contribution in [3.8, 4) is 11.5 Å². The van der Waals surface area contributed by atoms with Gasteiger partial charge in [-0.2, -0.15) is 0 Å². The number of nitrogens with one attached hydrogen (secondary N) is 1. The third-order valence-electron chi connectivity index (χ3n) is 4.36. The van der Waals surface area contributed by atoms with Gasteiger partial charge in [0, 0.05) is 48.6 Å². The first-order chi connectivity index (χ1) is 12.2. The monoisotopic (exact) mass is 375 g/mol. The van der Waals surface area contributed by atoms with E-state index in [0.29, 0.717) is 0 Å². The smallest absolute Gasteiger partial charge is 0.231 e. The Bertz CT molecular complexity index is 794. The molecular formula is C18H18ClN3O2S. The van der Waals surface area contributed by atoms with Crippen LogP contribution < -0.4 is 19.7 Å². The molecule has 0 unspecified atom stereocenters. The van der Waals surface area contributed by atoms with Crippen molar-refractivity contribution in [3.05, 3.63) is 47.5 Å². The van der Waals surface area contributed by atoms with Crippen LogP contribution in [0.5, 0.6) is 11.5 Å². The zero-order valence-corrected chi connectivity index (χ0v) is 15.1. The summed E-state index contributed by atoms with van der Waals surface area (Å²) in [7, 11) is 0. The number of rotatable bonds is 2. The highest BCUT2D eigenvalue weighted by molar-refractivity contribution is 7.80. The molecule has 2 heterocycles. The number of halogens is 1. The molecule has 2 aromatic carbocycles. The lowest BCUT2D eigenvalue weighted by molar-refractivity contribution is 0.174. The van der Waals surface area contributed by atoms with Gasteiger partial charge in [-0.15, -0.1) is 0 Å². The van der Waals surface area contributed by atoms with Gasteiger partial charge in [0.2, 0.25) is 6.79 Å². The molecule has 2 aromatic rings. The molecule has 5 nitrogen and oxygen atoms in total. The third kappa shape index (κ3) is 3.60. The van der Waals surface area contributed by atoms with Crippen LogP contribution >= 0.6 is 23.8 Å². The number of ether oxygens (including phenoxy) is 2. The van der Waals surface area contributed by atoms with E-state index in [0.717, 1.165) is 59.2 Å². The highest BCUT2D eigenvalue weighted by atomic mass is 35.5. The maximum Gasteiger partial charge on any atom is 0.231 e. The topological polar surface area (TPSA) is 37.0 Å². The molecule has 0 aliphatic carbocycles. The average Bonchev–Trinajstić information content (AvgIpc) is 3.09. The second kappa shape index (κ2) is 6.98. The van der Waals surface area contributed by atoms with Crippen LogP contribution in [-0.4, -0.2) is 43.0 Å². The third-order valence-corrected chi connectivity index (χ3v) is 4.96. The van der Waals surface area contributed by atoms with E-state index < -0.39 is 0 Å². The highest BCUT2D eigenvalue weighted by Crippen LogP contribution is 2.34. The summed E-state index contributed by atoms with van der Waals surface area (Å²) in [6, 6.07) is 13.7. The summed E-state index contributed by atoms with van der Waals surface area (Å²) in [6.07, 6.45) is 0. The molecule has 0 amide bonds. The number of anilines is 2. The molecule has 0 aromatic heterocycles. The molecule has 0 atom stereocenters. The van der Waals surface area contributed by atoms with E-state index in [1.165, 1.54) is 0 Å². The Labute approximate surface area is 157 Å². The second-order valence-corrected chi connectivity index (χ2v) is 6.78. The van der Waals surface area contributed by atoms with E-state index in [1.54, 1.807) is 0 Å². The summed E-state index contributed by atoms with van der Waals surface area (Å²) in [6.45, 7) is 3.81. The van der Waals surface area contributed by atoms with Gasteiger partial charge in [0.05, 0.1) is 0 Å². The Hall–Kier alpha value is -2.18. The lowest BCUT2D eigenvalue weighted by atomic mass is 10.2. The minimum atomic E-state index is 0.273. The zero-order valence-electron chi connectivity index (χ0n) is 13.6. The summed E-state index contributed by atoms with van der Waals surface area (Å²) in [5, 5.41) is 4.78. The average molecular weight is 376 g/mol. The van der Waals surface area contributed by atoms with Crippen molar-refractivity contribution in [1.82, 2.24) is 4.90 Å². The van der Waals surface area contributed by atoms with Gasteiger partial charge in [-0.1, -0.05) is 17.7 Å². The van der Waals surface area contributed by atoms with Crippen molar-refractivity contribution in [2.45, 2.75) is 0 Å². The van der Waals surface area contributed by atoms with E-state index in [4.69, 9.17) is 33.3 Å². The molecule has 0 saturated carbocycles. The second-order valence-electron chi connectivity index (χ2n) is 5.95. The van der Waals surface area contributed by atoms with E-state index in [-0.39, 0.29) is 6.79 Å². The van der Waals surface area contributed by atoms with Crippen molar-refractivity contribution >= 4 is 40.3 Å². The molecule has 0 spiro atoms. The predicted octanol–water partition coefficient (Wildman–Crippen LogP) is 3.59. The maximum atomic E-state index is 6.09. The van der Waals surface area contributed by atoms with E-state index in [2.05, 4.69) is 21.2 Å². The molecule has 0 bridgehead atoms. The summed E-state index contributed by atoms with van der Waals surface area (Å²) in [5.41, 5.74) is 2.06. The number of fused-ring (bicyclic) bond motifs is 1. The van der Waals surface area contributed by atoms with Gasteiger partial charge in [0.15, 0.2) is 16.6 Å². The molecule has 25 heavy (non-hydrogen) atoms. The summed E-state index contributed by atoms with van der Waals surface area (Å²) in [4.78, 5) is 4.51. The first-order valence-corrected chi connectivity index (χ1v) is 8.94. The van der Waals surface area contributed by atoms with Crippen LogP contribution in [0.2, 0.25) is 5.02 Å². The lowest BCUT2D eigenvalue weighted by Gasteiger charge is -2.37. The SMILES string of the molecule is S=C(Nc1ccc2c(c1)OCO2)N1CCN(c2cccc(Cl)c2)CC1. The summed E-state index contributed by atoms with van der Waals surface area (Å²) < 4.78 is 10.7. The van der Waals surface area contributed by atoms with Crippen LogP contribution in [0.3, 0.4) is 0 Å². The Balaban J connectivity index is 1.35. The normalized spacial score (nSPS) is 16.0. The van der Waals surface area contributed by atoms with Gasteiger partial charge in [-0.05, 0) is 42.5 Å². The fraction of sp³-hybridized carbons (Fsp3) is 0.278. The predicted molar refractivity (Wildman–Crippen MR) is 104 cm³/mol. The van der Waals surface area contributed by atoms with Crippen molar-refractivity contribution in [2.24, 2.45) is 0 Å². The van der Waals surface area contributed by atoms with Gasteiger partial charge in [-0.3, -0.25) is 0 Å². The number of benzene rings is 2. The van der Waals surface area contributed by atoms with Crippen molar-refractivity contribution in [1.29, 1.82) is 0 Å². The van der Waals surface area contributed by atoms with Gasteiger partial charge < -0.3 is 24.6 Å². The fourth-order valence-electron chi connectivity index (χ4n) is 3.02. The van der Waals surface area contributed by atoms with Crippen LogP contribution in [0.15, 0.2) is 42.5 Å². The van der Waals surface area contributed by atoms with Gasteiger partial charge in [0.1, 0.15) is 0 Å². The summed E-state index contributed by atoms with van der Waals surface area (Å²) >= 11 is 11.6. The molecule has 4 rings (SSSR count). The van der Waals surface area contributed by atoms with E-state index in [9.17, 15) is 0 Å². The minimum Gasteiger partial charge on any atom is -0.454 e. The van der Waals surface area contributed by atoms with Crippen molar-refractivity contribution in [2.75, 3.05) is 43.2 Å². The first-order valence-electron chi connectivity index (χ1n) is 8.15. The number of thiocarbonyl (C=S) groups is 1. The number of hydrogen-bond donors (Lipinski definition) is 1. The highest BCUT2D eigenvalue weighted by Gasteiger charge is 2.20. The molecule has 1 fully saturated rings. The zero-order chi connectivity index (χ0) is 17.2. The molecule has 2 aliphatic heterocycles. The number of hydrogen-bond acceptors (Lipinski definition) is 4. The summed E-state index contributed by atoms with van der Waals surface area (Å²) in [5.74, 6) is 1.52. The largest absolute Gasteiger partial charge is 0.454 e. The quantitative estimate of drug-likeness (QED) is 0.808. The van der Waals surface area contributed by atoms with Gasteiger partial charge in [0.25, 0.3) is 0 Å². The molecule has 0 radical (unpaired) electrons. The van der Waals surface area contributed by atoms with E-state index in [1.807, 2.05) is 36.4 Å². The van der Waals surface area contributed by atoms with E-state index >= 15 is 0 Å². The standard InChI is InChI=1S/C18H18ClN3O2S/c19-13-2-1-3-15(10-13)21-6-8-22(9-7-21)18(25)20-14-4-5-16-17(11-14)24-12-23-16/h1-5,10-11H,6-9,12H2,(H,20,25). The van der Waals surface area contributed by atoms with Gasteiger partial charge in [-0.25, -0.2) is 0 Å². The van der Waals surface area contributed by atoms with Gasteiger partial charge >= 0.3 is 0 Å². The molecule has 1 saturated heterocycles. The Morgan fingerprint density at radius 3 is 2.60 bits per heavy atom. The number of piperazine rings is 1. The molecule has 2 aliphatic rings. The van der Waals surface area contributed by atoms with Crippen LogP contribution in [0.25, 0.3) is 0 Å². The molecular weight excluding hydrogens is 358 g/mol. The molecule has 1 N–H and O–H groups in total. The lowest BCUT2D eigenvalue weighted by Crippen LogP contribution is -2.50. The maximum absolute atomic E-state index is 6.09. The Kier molecular flexibility index (Phi) is 4.55. The van der Waals surface area contributed by atoms with Crippen molar-refractivity contribution < 1.29 is 9.47 Å². The molecule has 130 valence electrons. The first kappa shape index (κ1) is 16.3. The molecule has 7 heteroatoms. The van der Waals surface area contributed by atoms with Crippen LogP contribution in [0.1, 0.15) is 0 Å². The van der Waals surface area contributed by atoms with Crippen molar-refractivity contribution in [3.63, 3.8) is 0 Å². The number of nitrogens with zero attached hydrogens (tertiary/aromatic N) is 2. The van der Waals surface area contributed by atoms with Crippen LogP contribution in [-0.2, 0) is 0 Å². The minimum absolute atomic E-state index is 0.273. The Morgan fingerprint density at radius 1 is 1.00 bits per heavy atom. The Morgan fingerprint density at radius 2 is 1.80 bits per heavy atom. The van der Waals surface area contributed by atoms with Crippen LogP contribution in [0, 0.1) is 0 Å².